The van der Waals surface area contributed by atoms with Crippen molar-refractivity contribution in [2.75, 3.05) is 18.9 Å². The summed E-state index contributed by atoms with van der Waals surface area (Å²) in [6, 6.07) is 2.99. The molecule has 1 saturated heterocycles. The summed E-state index contributed by atoms with van der Waals surface area (Å²) in [4.78, 5) is 35.5. The van der Waals surface area contributed by atoms with E-state index in [2.05, 4.69) is 5.32 Å². The third-order valence-electron chi connectivity index (χ3n) is 2.77. The number of hydrogen-bond donors (Lipinski definition) is 2. The minimum Gasteiger partial charge on any atom is -0.477 e. The highest BCUT2D eigenvalue weighted by Gasteiger charge is 2.32. The first-order chi connectivity index (χ1) is 8.47. The van der Waals surface area contributed by atoms with E-state index in [9.17, 15) is 14.4 Å². The van der Waals surface area contributed by atoms with E-state index in [4.69, 9.17) is 5.11 Å². The molecule has 0 aromatic carbocycles. The summed E-state index contributed by atoms with van der Waals surface area (Å²) in [5, 5.41) is 11.9. The van der Waals surface area contributed by atoms with E-state index < -0.39 is 5.97 Å². The van der Waals surface area contributed by atoms with Crippen LogP contribution in [0, 0.1) is 5.92 Å². The van der Waals surface area contributed by atoms with Crippen molar-refractivity contribution in [3.63, 3.8) is 0 Å². The highest BCUT2D eigenvalue weighted by Crippen LogP contribution is 2.24. The fraction of sp³-hybridized carbons (Fsp3) is 0.364. The van der Waals surface area contributed by atoms with Crippen molar-refractivity contribution in [1.29, 1.82) is 0 Å². The van der Waals surface area contributed by atoms with Crippen LogP contribution in [0.2, 0.25) is 0 Å². The number of aromatic carboxylic acids is 1. The Labute approximate surface area is 107 Å². The van der Waals surface area contributed by atoms with Gasteiger partial charge in [0, 0.05) is 20.0 Å². The molecule has 0 aliphatic carbocycles. The van der Waals surface area contributed by atoms with Gasteiger partial charge in [0.05, 0.1) is 10.9 Å². The van der Waals surface area contributed by atoms with Crippen molar-refractivity contribution < 1.29 is 19.5 Å². The Kier molecular flexibility index (Phi) is 3.33. The van der Waals surface area contributed by atoms with E-state index in [1.807, 2.05) is 0 Å². The molecule has 7 heteroatoms. The maximum Gasteiger partial charge on any atom is 0.345 e. The number of nitrogens with zero attached hydrogens (tertiary/aromatic N) is 1. The highest BCUT2D eigenvalue weighted by atomic mass is 32.1. The molecule has 6 nitrogen and oxygen atoms in total. The number of carbonyl (C=O) groups is 3. The van der Waals surface area contributed by atoms with Crippen molar-refractivity contribution in [3.05, 3.63) is 17.0 Å². The fourth-order valence-corrected chi connectivity index (χ4v) is 2.53. The van der Waals surface area contributed by atoms with Crippen LogP contribution in [0.5, 0.6) is 0 Å². The number of anilines is 1. The maximum absolute atomic E-state index is 11.9. The zero-order valence-electron chi connectivity index (χ0n) is 9.67. The Morgan fingerprint density at radius 1 is 1.50 bits per heavy atom. The number of thiophene rings is 1. The molecule has 0 radical (unpaired) electrons. The number of hydrogen-bond acceptors (Lipinski definition) is 4. The largest absolute Gasteiger partial charge is 0.477 e. The van der Waals surface area contributed by atoms with Gasteiger partial charge in [-0.05, 0) is 12.1 Å². The molecular weight excluding hydrogens is 256 g/mol. The third-order valence-corrected chi connectivity index (χ3v) is 3.76. The van der Waals surface area contributed by atoms with Gasteiger partial charge in [0.1, 0.15) is 4.88 Å². The Balaban J connectivity index is 1.99. The molecule has 1 aromatic heterocycles. The molecule has 1 aliphatic heterocycles. The predicted octanol–water partition coefficient (Wildman–Crippen LogP) is 0.863. The molecule has 0 spiro atoms. The van der Waals surface area contributed by atoms with Crippen molar-refractivity contribution >= 4 is 34.1 Å². The first kappa shape index (κ1) is 12.6. The molecule has 0 bridgehead atoms. The van der Waals surface area contributed by atoms with Gasteiger partial charge in [0.2, 0.25) is 11.8 Å². The summed E-state index contributed by atoms with van der Waals surface area (Å²) in [6.45, 7) is 0.405. The van der Waals surface area contributed by atoms with Crippen LogP contribution in [0.25, 0.3) is 0 Å². The van der Waals surface area contributed by atoms with Gasteiger partial charge >= 0.3 is 5.97 Å². The molecule has 2 N–H and O–H groups in total. The van der Waals surface area contributed by atoms with Gasteiger partial charge in [-0.1, -0.05) is 0 Å². The van der Waals surface area contributed by atoms with E-state index in [0.717, 1.165) is 11.3 Å². The van der Waals surface area contributed by atoms with Crippen LogP contribution in [-0.2, 0) is 9.59 Å². The first-order valence-corrected chi connectivity index (χ1v) is 6.17. The van der Waals surface area contributed by atoms with Crippen LogP contribution < -0.4 is 5.32 Å². The van der Waals surface area contributed by atoms with Gasteiger partial charge in [-0.3, -0.25) is 9.59 Å². The van der Waals surface area contributed by atoms with Crippen molar-refractivity contribution in [2.45, 2.75) is 6.42 Å². The van der Waals surface area contributed by atoms with Crippen LogP contribution in [0.1, 0.15) is 16.1 Å². The van der Waals surface area contributed by atoms with Crippen molar-refractivity contribution in [2.24, 2.45) is 5.92 Å². The number of carboxylic acids is 1. The number of carbonyl (C=O) groups excluding carboxylic acids is 2. The summed E-state index contributed by atoms with van der Waals surface area (Å²) in [7, 11) is 1.66. The summed E-state index contributed by atoms with van der Waals surface area (Å²) < 4.78 is 0. The van der Waals surface area contributed by atoms with Crippen LogP contribution in [0.15, 0.2) is 12.1 Å². The van der Waals surface area contributed by atoms with Crippen molar-refractivity contribution in [3.8, 4) is 0 Å². The van der Waals surface area contributed by atoms with Crippen LogP contribution in [0.3, 0.4) is 0 Å². The lowest BCUT2D eigenvalue weighted by Crippen LogP contribution is -2.25. The lowest BCUT2D eigenvalue weighted by Gasteiger charge is -2.09. The van der Waals surface area contributed by atoms with Gasteiger partial charge in [-0.15, -0.1) is 11.3 Å². The Bertz CT molecular complexity index is 511. The lowest BCUT2D eigenvalue weighted by molar-refractivity contribution is -0.127. The molecule has 1 aliphatic rings. The topological polar surface area (TPSA) is 86.7 Å². The Morgan fingerprint density at radius 2 is 2.22 bits per heavy atom. The smallest absolute Gasteiger partial charge is 0.345 e. The lowest BCUT2D eigenvalue weighted by atomic mass is 10.1. The monoisotopic (exact) mass is 268 g/mol. The van der Waals surface area contributed by atoms with E-state index in [-0.39, 0.29) is 29.0 Å². The second-order valence-corrected chi connectivity index (χ2v) is 5.22. The molecule has 18 heavy (non-hydrogen) atoms. The van der Waals surface area contributed by atoms with Crippen LogP contribution in [-0.4, -0.2) is 41.4 Å². The second-order valence-electron chi connectivity index (χ2n) is 4.13. The molecule has 1 atom stereocenters. The first-order valence-electron chi connectivity index (χ1n) is 5.35. The molecular formula is C11H12N2O4S. The minimum absolute atomic E-state index is 0.0486. The quantitative estimate of drug-likeness (QED) is 0.851. The number of likely N-dealkylation sites (tertiary alicyclic amines) is 1. The zero-order valence-corrected chi connectivity index (χ0v) is 10.5. The average molecular weight is 268 g/mol. The fourth-order valence-electron chi connectivity index (χ4n) is 1.78. The maximum atomic E-state index is 11.9. The van der Waals surface area contributed by atoms with Gasteiger partial charge in [-0.2, -0.15) is 0 Å². The third kappa shape index (κ3) is 2.51. The van der Waals surface area contributed by atoms with Crippen LogP contribution in [0.4, 0.5) is 5.00 Å². The average Bonchev–Trinajstić information content (AvgIpc) is 2.87. The van der Waals surface area contributed by atoms with Gasteiger partial charge in [0.15, 0.2) is 0 Å². The summed E-state index contributed by atoms with van der Waals surface area (Å²) in [5.41, 5.74) is 0. The number of nitrogens with one attached hydrogen (secondary N) is 1. The van der Waals surface area contributed by atoms with E-state index in [1.165, 1.54) is 11.0 Å². The summed E-state index contributed by atoms with van der Waals surface area (Å²) >= 11 is 1.000. The second kappa shape index (κ2) is 4.77. The van der Waals surface area contributed by atoms with Gasteiger partial charge in [0.25, 0.3) is 0 Å². The number of rotatable bonds is 3. The zero-order chi connectivity index (χ0) is 13.3. The van der Waals surface area contributed by atoms with E-state index in [0.29, 0.717) is 11.5 Å². The SMILES string of the molecule is CN1CC(C(=O)Nc2ccc(C(=O)O)s2)CC1=O. The Morgan fingerprint density at radius 3 is 2.72 bits per heavy atom. The van der Waals surface area contributed by atoms with E-state index >= 15 is 0 Å². The molecule has 2 amide bonds. The highest BCUT2D eigenvalue weighted by molar-refractivity contribution is 7.18. The summed E-state index contributed by atoms with van der Waals surface area (Å²) in [6.07, 6.45) is 0.208. The molecule has 2 heterocycles. The standard InChI is InChI=1S/C11H12N2O4S/c1-13-5-6(4-9(13)14)10(15)12-8-3-2-7(18-8)11(16)17/h2-3,6H,4-5H2,1H3,(H,12,15)(H,16,17). The minimum atomic E-state index is -1.02. The molecule has 96 valence electrons. The molecule has 2 rings (SSSR count). The number of carboxylic acid groups (broad SMARTS) is 1. The van der Waals surface area contributed by atoms with E-state index in [1.54, 1.807) is 13.1 Å². The predicted molar refractivity (Wildman–Crippen MR) is 65.7 cm³/mol. The number of amides is 2. The Hall–Kier alpha value is -1.89. The van der Waals surface area contributed by atoms with Gasteiger partial charge < -0.3 is 15.3 Å². The normalized spacial score (nSPS) is 19.1. The molecule has 1 aromatic rings. The van der Waals surface area contributed by atoms with Gasteiger partial charge in [-0.25, -0.2) is 4.79 Å². The molecule has 1 unspecified atom stereocenters. The molecule has 1 fully saturated rings. The molecule has 0 saturated carbocycles. The van der Waals surface area contributed by atoms with Crippen molar-refractivity contribution in [1.82, 2.24) is 4.90 Å². The van der Waals surface area contributed by atoms with Crippen LogP contribution >= 0.6 is 11.3 Å². The summed E-state index contributed by atoms with van der Waals surface area (Å²) in [5.74, 6) is -1.67.